The number of alkyl halides is 1. The lowest BCUT2D eigenvalue weighted by Gasteiger charge is -2.31. The van der Waals surface area contributed by atoms with Crippen LogP contribution in [0, 0.1) is 5.82 Å². The van der Waals surface area contributed by atoms with Crippen LogP contribution in [0.15, 0.2) is 18.2 Å². The van der Waals surface area contributed by atoms with Crippen LogP contribution in [0.1, 0.15) is 41.7 Å². The van der Waals surface area contributed by atoms with Gasteiger partial charge in [0.2, 0.25) is 0 Å². The maximum Gasteiger partial charge on any atom is 0.318 e. The van der Waals surface area contributed by atoms with Crippen molar-refractivity contribution < 1.29 is 28.2 Å². The van der Waals surface area contributed by atoms with Crippen molar-refractivity contribution >= 4 is 17.4 Å². The van der Waals surface area contributed by atoms with Gasteiger partial charge in [-0.05, 0) is 37.9 Å². The van der Waals surface area contributed by atoms with E-state index < -0.39 is 17.9 Å². The molecule has 0 radical (unpaired) electrons. The number of fused-ring (bicyclic) bond motifs is 2. The van der Waals surface area contributed by atoms with Crippen molar-refractivity contribution in [2.24, 2.45) is 0 Å². The number of rotatable bonds is 5. The van der Waals surface area contributed by atoms with Crippen molar-refractivity contribution in [2.45, 2.75) is 43.9 Å². The molecule has 0 bridgehead atoms. The number of carbonyl (C=O) groups excluding carboxylic acids is 1. The molecule has 2 aromatic rings. The molecule has 3 saturated heterocycles. The summed E-state index contributed by atoms with van der Waals surface area (Å²) in [5.41, 5.74) is 0.358. The van der Waals surface area contributed by atoms with Gasteiger partial charge in [-0.2, -0.15) is 9.97 Å². The monoisotopic (exact) mass is 501 g/mol. The SMILES string of the molecule is O=C1c2c(nc(OC[C@@]34CCCN3C[C@H](F)C4)nc2N2CCCOCC2)CN1c1cc(O)ccc1F. The number of carbonyl (C=O) groups is 1. The minimum Gasteiger partial charge on any atom is -0.508 e. The number of nitrogens with zero attached hydrogens (tertiary/aromatic N) is 5. The summed E-state index contributed by atoms with van der Waals surface area (Å²) >= 11 is 0. The molecule has 2 atom stereocenters. The maximum atomic E-state index is 14.6. The first-order valence-electron chi connectivity index (χ1n) is 12.5. The predicted octanol–water partition coefficient (Wildman–Crippen LogP) is 2.66. The summed E-state index contributed by atoms with van der Waals surface area (Å²) in [5.74, 6) is -0.759. The van der Waals surface area contributed by atoms with Gasteiger partial charge in [0, 0.05) is 38.7 Å². The molecule has 3 fully saturated rings. The van der Waals surface area contributed by atoms with Crippen LogP contribution in [0.2, 0.25) is 0 Å². The minimum atomic E-state index is -0.870. The van der Waals surface area contributed by atoms with Crippen LogP contribution < -0.4 is 14.5 Å². The highest BCUT2D eigenvalue weighted by atomic mass is 19.1. The summed E-state index contributed by atoms with van der Waals surface area (Å²) in [5, 5.41) is 9.90. The van der Waals surface area contributed by atoms with Gasteiger partial charge < -0.3 is 19.5 Å². The Bertz CT molecular complexity index is 1180. The number of benzene rings is 1. The molecule has 0 aliphatic carbocycles. The number of phenols is 1. The van der Waals surface area contributed by atoms with Gasteiger partial charge in [0.1, 0.15) is 35.7 Å². The number of ether oxygens (including phenoxy) is 2. The predicted molar refractivity (Wildman–Crippen MR) is 127 cm³/mol. The number of hydrogen-bond acceptors (Lipinski definition) is 8. The zero-order chi connectivity index (χ0) is 24.9. The highest BCUT2D eigenvalue weighted by molar-refractivity contribution is 6.12. The Morgan fingerprint density at radius 2 is 2.08 bits per heavy atom. The first-order chi connectivity index (χ1) is 17.4. The van der Waals surface area contributed by atoms with Crippen molar-refractivity contribution in [1.29, 1.82) is 0 Å². The van der Waals surface area contributed by atoms with Crippen molar-refractivity contribution in [2.75, 3.05) is 55.8 Å². The first kappa shape index (κ1) is 23.4. The molecule has 6 rings (SSSR count). The molecule has 5 heterocycles. The largest absolute Gasteiger partial charge is 0.508 e. The molecule has 9 nitrogen and oxygen atoms in total. The zero-order valence-corrected chi connectivity index (χ0v) is 20.0. The topological polar surface area (TPSA) is 91.3 Å². The van der Waals surface area contributed by atoms with E-state index in [2.05, 4.69) is 14.9 Å². The Morgan fingerprint density at radius 1 is 1.19 bits per heavy atom. The molecule has 0 unspecified atom stereocenters. The fourth-order valence-corrected chi connectivity index (χ4v) is 5.96. The lowest BCUT2D eigenvalue weighted by atomic mass is 9.95. The average molecular weight is 502 g/mol. The highest BCUT2D eigenvalue weighted by Gasteiger charge is 2.49. The van der Waals surface area contributed by atoms with E-state index >= 15 is 0 Å². The van der Waals surface area contributed by atoms with E-state index in [4.69, 9.17) is 9.47 Å². The molecule has 4 aliphatic heterocycles. The van der Waals surface area contributed by atoms with Crippen LogP contribution in [0.25, 0.3) is 0 Å². The fourth-order valence-electron chi connectivity index (χ4n) is 5.96. The summed E-state index contributed by atoms with van der Waals surface area (Å²) in [6.07, 6.45) is 2.18. The Morgan fingerprint density at radius 3 is 2.97 bits per heavy atom. The van der Waals surface area contributed by atoms with Gasteiger partial charge in [0.05, 0.1) is 30.1 Å². The zero-order valence-electron chi connectivity index (χ0n) is 20.0. The number of anilines is 2. The van der Waals surface area contributed by atoms with Crippen LogP contribution in [-0.4, -0.2) is 83.6 Å². The number of amides is 1. The molecule has 192 valence electrons. The molecule has 1 amide bonds. The lowest BCUT2D eigenvalue weighted by Crippen LogP contribution is -2.43. The van der Waals surface area contributed by atoms with Crippen LogP contribution in [0.5, 0.6) is 11.8 Å². The number of aromatic nitrogens is 2. The smallest absolute Gasteiger partial charge is 0.318 e. The summed E-state index contributed by atoms with van der Waals surface area (Å²) in [7, 11) is 0. The van der Waals surface area contributed by atoms with Gasteiger partial charge >= 0.3 is 6.01 Å². The Labute approximate surface area is 207 Å². The van der Waals surface area contributed by atoms with Gasteiger partial charge in [-0.25, -0.2) is 8.78 Å². The van der Waals surface area contributed by atoms with Gasteiger partial charge in [0.25, 0.3) is 5.91 Å². The molecule has 0 saturated carbocycles. The third-order valence-corrected chi connectivity index (χ3v) is 7.68. The summed E-state index contributed by atoms with van der Waals surface area (Å²) in [6, 6.07) is 3.71. The normalized spacial score (nSPS) is 26.3. The van der Waals surface area contributed by atoms with Crippen molar-refractivity contribution in [3.63, 3.8) is 0 Å². The van der Waals surface area contributed by atoms with E-state index in [0.29, 0.717) is 56.3 Å². The summed E-state index contributed by atoms with van der Waals surface area (Å²) in [4.78, 5) is 28.1. The van der Waals surface area contributed by atoms with E-state index in [0.717, 1.165) is 31.9 Å². The van der Waals surface area contributed by atoms with Crippen LogP contribution in [0.3, 0.4) is 0 Å². The Balaban J connectivity index is 1.34. The average Bonchev–Trinajstić information content (AvgIpc) is 3.39. The maximum absolute atomic E-state index is 14.6. The molecule has 0 spiro atoms. The van der Waals surface area contributed by atoms with E-state index in [1.165, 1.54) is 17.0 Å². The molecule has 4 aliphatic rings. The number of aromatic hydroxyl groups is 1. The number of hydrogen-bond donors (Lipinski definition) is 1. The second-order valence-corrected chi connectivity index (χ2v) is 10.00. The minimum absolute atomic E-state index is 0.0222. The second-order valence-electron chi connectivity index (χ2n) is 10.00. The Hall–Kier alpha value is -3.05. The third-order valence-electron chi connectivity index (χ3n) is 7.68. The van der Waals surface area contributed by atoms with E-state index in [1.54, 1.807) is 0 Å². The highest BCUT2D eigenvalue weighted by Crippen LogP contribution is 2.41. The molecule has 36 heavy (non-hydrogen) atoms. The summed E-state index contributed by atoms with van der Waals surface area (Å²) in [6.45, 7) is 3.85. The van der Waals surface area contributed by atoms with Crippen LogP contribution in [-0.2, 0) is 11.3 Å². The van der Waals surface area contributed by atoms with Crippen molar-refractivity contribution in [1.82, 2.24) is 14.9 Å². The van der Waals surface area contributed by atoms with Gasteiger partial charge in [-0.3, -0.25) is 14.6 Å². The van der Waals surface area contributed by atoms with Crippen LogP contribution in [0.4, 0.5) is 20.3 Å². The van der Waals surface area contributed by atoms with Crippen molar-refractivity contribution in [3.8, 4) is 11.8 Å². The van der Waals surface area contributed by atoms with Gasteiger partial charge in [-0.15, -0.1) is 0 Å². The second kappa shape index (κ2) is 9.11. The molecule has 1 aromatic heterocycles. The lowest BCUT2D eigenvalue weighted by molar-refractivity contribution is 0.0995. The van der Waals surface area contributed by atoms with E-state index in [9.17, 15) is 18.7 Å². The van der Waals surface area contributed by atoms with Crippen LogP contribution >= 0.6 is 0 Å². The van der Waals surface area contributed by atoms with E-state index in [1.807, 2.05) is 4.90 Å². The summed E-state index contributed by atoms with van der Waals surface area (Å²) < 4.78 is 40.5. The molecular formula is C25H29F2N5O4. The number of phenolic OH excluding ortho intramolecular Hbond substituents is 1. The van der Waals surface area contributed by atoms with Gasteiger partial charge in [-0.1, -0.05) is 0 Å². The molecule has 11 heteroatoms. The number of halogens is 2. The van der Waals surface area contributed by atoms with Gasteiger partial charge in [0.15, 0.2) is 0 Å². The quantitative estimate of drug-likeness (QED) is 0.669. The Kier molecular flexibility index (Phi) is 5.91. The molecular weight excluding hydrogens is 472 g/mol. The molecule has 1 N–H and O–H groups in total. The molecule has 1 aromatic carbocycles. The van der Waals surface area contributed by atoms with Crippen molar-refractivity contribution in [3.05, 3.63) is 35.3 Å². The van der Waals surface area contributed by atoms with E-state index in [-0.39, 0.29) is 36.1 Å². The standard InChI is InChI=1S/C25H29F2N5O4/c26-16-12-25(5-1-7-31(25)13-16)15-36-24-28-19-14-32(20-11-17(33)3-4-18(20)27)23(34)21(19)22(29-24)30-6-2-9-35-10-8-30/h3-4,11,16,33H,1-2,5-10,12-15H2/t16-,25+/m1/s1. The fraction of sp³-hybridized carbons (Fsp3) is 0.560. The first-order valence-corrected chi connectivity index (χ1v) is 12.5. The third kappa shape index (κ3) is 4.03.